The lowest BCUT2D eigenvalue weighted by atomic mass is 10.1. The minimum absolute atomic E-state index is 0.144. The van der Waals surface area contributed by atoms with E-state index in [1.54, 1.807) is 31.2 Å². The summed E-state index contributed by atoms with van der Waals surface area (Å²) in [6.07, 6.45) is 1.53. The van der Waals surface area contributed by atoms with Crippen LogP contribution in [0.1, 0.15) is 27.5 Å². The van der Waals surface area contributed by atoms with E-state index < -0.39 is 5.97 Å². The second-order valence-corrected chi connectivity index (χ2v) is 4.01. The number of carbonyl (C=O) groups excluding carboxylic acids is 1. The summed E-state index contributed by atoms with van der Waals surface area (Å²) < 4.78 is 9.80. The zero-order valence-electron chi connectivity index (χ0n) is 11.5. The van der Waals surface area contributed by atoms with Gasteiger partial charge in [0, 0.05) is 6.92 Å². The smallest absolute Gasteiger partial charge is 0.337 e. The summed E-state index contributed by atoms with van der Waals surface area (Å²) in [4.78, 5) is 15.2. The average Bonchev–Trinajstić information content (AvgIpc) is 2.87. The van der Waals surface area contributed by atoms with Crippen LogP contribution in [0.2, 0.25) is 0 Å². The summed E-state index contributed by atoms with van der Waals surface area (Å²) in [7, 11) is 1.33. The number of nitriles is 1. The molecule has 0 radical (unpaired) electrons. The van der Waals surface area contributed by atoms with Crippen LogP contribution < -0.4 is 5.43 Å². The van der Waals surface area contributed by atoms with E-state index in [1.165, 1.54) is 13.3 Å². The van der Waals surface area contributed by atoms with Crippen LogP contribution in [0.15, 0.2) is 33.8 Å². The Labute approximate surface area is 120 Å². The van der Waals surface area contributed by atoms with E-state index in [2.05, 4.69) is 20.2 Å². The number of hydrogen-bond donors (Lipinski definition) is 1. The second kappa shape index (κ2) is 6.34. The number of oxazole rings is 1. The van der Waals surface area contributed by atoms with Crippen LogP contribution in [0.5, 0.6) is 0 Å². The van der Waals surface area contributed by atoms with Gasteiger partial charge >= 0.3 is 5.97 Å². The molecule has 106 valence electrons. The topological polar surface area (TPSA) is 101 Å². The van der Waals surface area contributed by atoms with E-state index in [0.717, 1.165) is 5.56 Å². The number of methoxy groups -OCH3 is 1. The lowest BCUT2D eigenvalue weighted by Crippen LogP contribution is -2.00. The third-order valence-electron chi connectivity index (χ3n) is 2.55. The van der Waals surface area contributed by atoms with E-state index in [9.17, 15) is 4.79 Å². The summed E-state index contributed by atoms with van der Waals surface area (Å²) in [5, 5.41) is 12.8. The van der Waals surface area contributed by atoms with Gasteiger partial charge in [0.2, 0.25) is 5.69 Å². The van der Waals surface area contributed by atoms with Gasteiger partial charge in [0.25, 0.3) is 5.88 Å². The quantitative estimate of drug-likeness (QED) is 0.524. The molecule has 0 aliphatic rings. The van der Waals surface area contributed by atoms with Crippen molar-refractivity contribution in [1.82, 2.24) is 4.98 Å². The molecule has 7 heteroatoms. The van der Waals surface area contributed by atoms with Gasteiger partial charge in [0.05, 0.1) is 18.9 Å². The Hall–Kier alpha value is -3.14. The maximum absolute atomic E-state index is 11.3. The molecule has 0 aliphatic carbocycles. The Balaban J connectivity index is 2.04. The Bertz CT molecular complexity index is 711. The normalized spacial score (nSPS) is 10.3. The van der Waals surface area contributed by atoms with E-state index in [0.29, 0.717) is 11.5 Å². The zero-order chi connectivity index (χ0) is 15.2. The molecule has 0 atom stereocenters. The van der Waals surface area contributed by atoms with Gasteiger partial charge in [0.1, 0.15) is 6.07 Å². The highest BCUT2D eigenvalue weighted by molar-refractivity contribution is 5.90. The molecule has 0 spiro atoms. The number of nitrogens with zero attached hydrogens (tertiary/aromatic N) is 3. The lowest BCUT2D eigenvalue weighted by Gasteiger charge is -1.99. The van der Waals surface area contributed by atoms with Crippen molar-refractivity contribution in [3.63, 3.8) is 0 Å². The van der Waals surface area contributed by atoms with Crippen LogP contribution in [0.25, 0.3) is 0 Å². The van der Waals surface area contributed by atoms with Gasteiger partial charge < -0.3 is 9.15 Å². The van der Waals surface area contributed by atoms with Crippen LogP contribution in [0.4, 0.5) is 5.88 Å². The van der Waals surface area contributed by atoms with Gasteiger partial charge in [-0.05, 0) is 17.7 Å². The van der Waals surface area contributed by atoms with Crippen molar-refractivity contribution in [2.24, 2.45) is 5.10 Å². The van der Waals surface area contributed by atoms with E-state index >= 15 is 0 Å². The van der Waals surface area contributed by atoms with E-state index in [-0.39, 0.29) is 11.6 Å². The van der Waals surface area contributed by atoms with E-state index in [4.69, 9.17) is 9.68 Å². The molecule has 0 saturated heterocycles. The van der Waals surface area contributed by atoms with Crippen molar-refractivity contribution in [1.29, 1.82) is 5.26 Å². The fraction of sp³-hybridized carbons (Fsp3) is 0.143. The van der Waals surface area contributed by atoms with Crippen molar-refractivity contribution in [3.05, 3.63) is 47.0 Å². The van der Waals surface area contributed by atoms with Crippen molar-refractivity contribution in [3.8, 4) is 6.07 Å². The minimum Gasteiger partial charge on any atom is -0.465 e. The van der Waals surface area contributed by atoms with Crippen molar-refractivity contribution < 1.29 is 13.9 Å². The fourth-order valence-corrected chi connectivity index (χ4v) is 1.57. The molecule has 0 fully saturated rings. The van der Waals surface area contributed by atoms with Gasteiger partial charge in [-0.15, -0.1) is 0 Å². The predicted octanol–water partition coefficient (Wildman–Crippen LogP) is 2.09. The highest BCUT2D eigenvalue weighted by Gasteiger charge is 2.08. The first-order chi connectivity index (χ1) is 10.1. The predicted molar refractivity (Wildman–Crippen MR) is 75.0 cm³/mol. The minimum atomic E-state index is -0.396. The monoisotopic (exact) mass is 284 g/mol. The Morgan fingerprint density at radius 3 is 2.81 bits per heavy atom. The summed E-state index contributed by atoms with van der Waals surface area (Å²) >= 11 is 0. The Kier molecular flexibility index (Phi) is 4.31. The number of carbonyl (C=O) groups is 1. The first-order valence-electron chi connectivity index (χ1n) is 5.99. The summed E-state index contributed by atoms with van der Waals surface area (Å²) in [5.41, 5.74) is 3.98. The average molecular weight is 284 g/mol. The molecule has 1 aromatic heterocycles. The molecule has 1 heterocycles. The zero-order valence-corrected chi connectivity index (χ0v) is 11.5. The highest BCUT2D eigenvalue weighted by Crippen LogP contribution is 2.15. The Morgan fingerprint density at radius 1 is 1.48 bits per heavy atom. The molecule has 2 aromatic rings. The van der Waals surface area contributed by atoms with Crippen molar-refractivity contribution in [2.45, 2.75) is 6.92 Å². The van der Waals surface area contributed by atoms with Gasteiger partial charge in [-0.3, -0.25) is 0 Å². The Morgan fingerprint density at radius 2 is 2.19 bits per heavy atom. The largest absolute Gasteiger partial charge is 0.465 e. The molecular weight excluding hydrogens is 272 g/mol. The number of anilines is 1. The molecule has 21 heavy (non-hydrogen) atoms. The SMILES string of the molecule is COC(=O)c1ccc(/C=N/Nc2oc(C)nc2C#N)cc1. The number of aromatic nitrogens is 1. The molecular formula is C14H12N4O3. The number of hydrazone groups is 1. The fourth-order valence-electron chi connectivity index (χ4n) is 1.57. The van der Waals surface area contributed by atoms with Crippen LogP contribution in [-0.2, 0) is 4.74 Å². The van der Waals surface area contributed by atoms with Gasteiger partial charge in [0.15, 0.2) is 5.89 Å². The number of esters is 1. The molecule has 1 N–H and O–H groups in total. The lowest BCUT2D eigenvalue weighted by molar-refractivity contribution is 0.0600. The van der Waals surface area contributed by atoms with Crippen LogP contribution >= 0.6 is 0 Å². The van der Waals surface area contributed by atoms with Crippen LogP contribution in [-0.4, -0.2) is 24.3 Å². The molecule has 1 aromatic carbocycles. The number of hydrogen-bond acceptors (Lipinski definition) is 7. The second-order valence-electron chi connectivity index (χ2n) is 4.01. The molecule has 0 amide bonds. The first-order valence-corrected chi connectivity index (χ1v) is 5.99. The molecule has 0 saturated carbocycles. The van der Waals surface area contributed by atoms with Gasteiger partial charge in [-0.25, -0.2) is 15.2 Å². The third-order valence-corrected chi connectivity index (χ3v) is 2.55. The number of rotatable bonds is 4. The number of aryl methyl sites for hydroxylation is 1. The van der Waals surface area contributed by atoms with Crippen LogP contribution in [0.3, 0.4) is 0 Å². The standard InChI is InChI=1S/C14H12N4O3/c1-9-17-12(7-15)13(21-9)18-16-8-10-3-5-11(6-4-10)14(19)20-2/h3-6,8,18H,1-2H3/b16-8+. The molecule has 0 bridgehead atoms. The van der Waals surface area contributed by atoms with Gasteiger partial charge in [-0.1, -0.05) is 12.1 Å². The maximum atomic E-state index is 11.3. The summed E-state index contributed by atoms with van der Waals surface area (Å²) in [6.45, 7) is 1.64. The summed E-state index contributed by atoms with van der Waals surface area (Å²) in [6, 6.07) is 8.59. The van der Waals surface area contributed by atoms with Crippen molar-refractivity contribution >= 4 is 18.1 Å². The van der Waals surface area contributed by atoms with Crippen molar-refractivity contribution in [2.75, 3.05) is 12.5 Å². The molecule has 0 aliphatic heterocycles. The first kappa shape index (κ1) is 14.3. The third kappa shape index (κ3) is 3.45. The number of ether oxygens (including phenoxy) is 1. The van der Waals surface area contributed by atoms with Crippen LogP contribution in [0, 0.1) is 18.3 Å². The number of nitrogens with one attached hydrogen (secondary N) is 1. The van der Waals surface area contributed by atoms with E-state index in [1.807, 2.05) is 6.07 Å². The van der Waals surface area contributed by atoms with Gasteiger partial charge in [-0.2, -0.15) is 10.4 Å². The highest BCUT2D eigenvalue weighted by atomic mass is 16.5. The summed E-state index contributed by atoms with van der Waals surface area (Å²) in [5.74, 6) is 0.177. The molecule has 2 rings (SSSR count). The molecule has 7 nitrogen and oxygen atoms in total. The number of benzene rings is 1. The maximum Gasteiger partial charge on any atom is 0.337 e. The molecule has 0 unspecified atom stereocenters.